The number of benzene rings is 7. The molecule has 15 rings (SSSR count). The maximum Gasteiger partial charge on any atom is 0.272 e. The van der Waals surface area contributed by atoms with Gasteiger partial charge in [0.25, 0.3) is 21.8 Å². The highest BCUT2D eigenvalue weighted by atomic mass is 32.2. The summed E-state index contributed by atoms with van der Waals surface area (Å²) in [5, 5.41) is 46.2. The van der Waals surface area contributed by atoms with E-state index in [1.54, 1.807) is 55.5 Å². The fourth-order valence-electron chi connectivity index (χ4n) is 17.2. The van der Waals surface area contributed by atoms with E-state index in [2.05, 4.69) is 53.4 Å². The van der Waals surface area contributed by atoms with E-state index in [1.807, 2.05) is 133 Å². The number of aryl methyl sites for hydroxylation is 4. The molecule has 0 saturated carbocycles. The second-order valence-corrected chi connectivity index (χ2v) is 39.1. The Morgan fingerprint density at radius 1 is 0.435 bits per heavy atom. The SMILES string of the molecule is Cc1cc(C)c(C(=O)N2CCN(c3ccccc3[S@](C)(=N)=O)CC2)nc1NC1CCN(c2ccccc2C#N)CC1.Cc1cc(C)c(S(=O)(=O)N2CCN(c3ccccc3S(N)(=O)=O)CC2)nc1NC1CCN(c2ccccc2C#N)CC1.N#Cc1ccccc1N1CCC(Cc2c(F)ccc(C(=O)N3CCN(c4ccccc4S(N)(=O)=O)CC3)c2F)CC1. The molecule has 0 bridgehead atoms. The van der Waals surface area contributed by atoms with Crippen molar-refractivity contribution in [1.82, 2.24) is 24.1 Å². The van der Waals surface area contributed by atoms with Gasteiger partial charge in [0.1, 0.15) is 57.0 Å². The van der Waals surface area contributed by atoms with Crippen molar-refractivity contribution in [2.24, 2.45) is 16.2 Å². The van der Waals surface area contributed by atoms with Crippen molar-refractivity contribution in [2.75, 3.05) is 164 Å². The number of aromatic nitrogens is 2. The van der Waals surface area contributed by atoms with Crippen LogP contribution in [0.3, 0.4) is 0 Å². The van der Waals surface area contributed by atoms with Crippen molar-refractivity contribution in [3.63, 3.8) is 0 Å². The van der Waals surface area contributed by atoms with Crippen molar-refractivity contribution in [3.05, 3.63) is 237 Å². The summed E-state index contributed by atoms with van der Waals surface area (Å²) >= 11 is 0. The minimum Gasteiger partial charge on any atom is -0.370 e. The zero-order chi connectivity index (χ0) is 88.4. The number of nitrogens with zero attached hydrogens (tertiary/aromatic N) is 14. The molecular formula is C90H103F2N19O9S4. The van der Waals surface area contributed by atoms with Gasteiger partial charge in [0.2, 0.25) is 20.0 Å². The normalized spacial score (nSPS) is 17.1. The first-order chi connectivity index (χ1) is 59.3. The van der Waals surface area contributed by atoms with Crippen LogP contribution in [0.4, 0.5) is 54.5 Å². The number of primary sulfonamides is 2. The van der Waals surface area contributed by atoms with Crippen molar-refractivity contribution >= 4 is 97.4 Å². The number of nitrogens with one attached hydrogen (secondary N) is 3. The molecule has 9 aromatic rings. The third-order valence-corrected chi connectivity index (χ3v) is 28.9. The van der Waals surface area contributed by atoms with Crippen LogP contribution in [0.1, 0.15) is 104 Å². The Hall–Kier alpha value is -11.8. The summed E-state index contributed by atoms with van der Waals surface area (Å²) in [5.74, 6) is -0.758. The number of hydrogen-bond donors (Lipinski definition) is 5. The molecule has 34 heteroatoms. The Morgan fingerprint density at radius 2 is 0.782 bits per heavy atom. The lowest BCUT2D eigenvalue weighted by Gasteiger charge is -2.37. The summed E-state index contributed by atoms with van der Waals surface area (Å²) in [6.45, 7) is 16.6. The number of rotatable bonds is 19. The van der Waals surface area contributed by atoms with Crippen LogP contribution >= 0.6 is 0 Å². The second kappa shape index (κ2) is 38.9. The van der Waals surface area contributed by atoms with E-state index in [1.165, 1.54) is 33.7 Å². The average molecular weight is 1760 g/mol. The molecule has 0 unspecified atom stereocenters. The van der Waals surface area contributed by atoms with Gasteiger partial charge in [0, 0.05) is 142 Å². The molecule has 0 aliphatic carbocycles. The van der Waals surface area contributed by atoms with Crippen LogP contribution in [0, 0.1) is 84.0 Å². The molecule has 8 heterocycles. The summed E-state index contributed by atoms with van der Waals surface area (Å²) in [6, 6.07) is 56.3. The number of pyridine rings is 2. The van der Waals surface area contributed by atoms with Gasteiger partial charge in [-0.2, -0.15) is 20.1 Å². The Bertz CT molecular complexity index is 5960. The summed E-state index contributed by atoms with van der Waals surface area (Å²) in [5.41, 5.74) is 10.0. The summed E-state index contributed by atoms with van der Waals surface area (Å²) < 4.78 is 128. The first-order valence-corrected chi connectivity index (χ1v) is 47.9. The largest absolute Gasteiger partial charge is 0.370 e. The molecule has 6 aliphatic rings. The molecule has 1 atom stereocenters. The fourth-order valence-corrected chi connectivity index (χ4v) is 21.2. The highest BCUT2D eigenvalue weighted by Crippen LogP contribution is 2.36. The lowest BCUT2D eigenvalue weighted by molar-refractivity contribution is 0.0733. The third-order valence-electron chi connectivity index (χ3n) is 23.9. The molecule has 650 valence electrons. The van der Waals surface area contributed by atoms with Crippen LogP contribution in [-0.4, -0.2) is 201 Å². The predicted molar refractivity (Wildman–Crippen MR) is 478 cm³/mol. The molecule has 7 aromatic carbocycles. The van der Waals surface area contributed by atoms with Crippen molar-refractivity contribution < 1.29 is 47.8 Å². The average Bonchev–Trinajstić information content (AvgIpc) is 0.741. The van der Waals surface area contributed by atoms with Crippen molar-refractivity contribution in [1.29, 1.82) is 20.6 Å². The zero-order valence-corrected chi connectivity index (χ0v) is 73.3. The van der Waals surface area contributed by atoms with E-state index >= 15 is 4.39 Å². The summed E-state index contributed by atoms with van der Waals surface area (Å²) in [7, 11) is -14.6. The Morgan fingerprint density at radius 3 is 1.19 bits per heavy atom. The molecule has 2 amide bonds. The smallest absolute Gasteiger partial charge is 0.272 e. The quantitative estimate of drug-likeness (QED) is 0.0502. The Kier molecular flexibility index (Phi) is 28.2. The summed E-state index contributed by atoms with van der Waals surface area (Å²) in [6.07, 6.45) is 6.49. The second-order valence-electron chi connectivity index (χ2n) is 32.1. The number of hydrogen-bond acceptors (Lipinski definition) is 23. The van der Waals surface area contributed by atoms with Crippen molar-refractivity contribution in [3.8, 4) is 18.2 Å². The van der Waals surface area contributed by atoms with Crippen LogP contribution in [0.2, 0.25) is 0 Å². The molecule has 0 radical (unpaired) electrons. The standard InChI is InChI=1S/C31H37N7O2S.C30H31F2N5O3S.C29H35N7O4S2/c1-22-20-23(2)30(34-25-12-14-36(15-13-25)26-9-5-4-8-24(26)21-32)35-29(22)31(39)38-18-16-37(17-19-38)27-10-6-7-11-28(27)41(3,33)40;31-25-10-9-23(30(38)37-17-15-36(16-18-37)27-7-3-4-8-28(27)41(34,39)40)29(32)24(25)19-21-11-13-35(14-12-21)26-6-2-1-5-22(26)20-33;1-21-19-22(2)29(33-28(21)32-24-11-13-34(14-12-24)25-8-4-3-7-23(25)20-30)42(39,40)36-17-15-35(16-18-36)26-9-5-6-10-27(26)41(31,37)38/h4-11,20,25,33H,12-19H2,1-3H3,(H,34,35);1-10,21H,11-19H2,(H2,34,39,40);3-10,19,24H,11-18H2,1-2H3,(H,32,33)(H2,31,37,38)/t41-;;/m1../s1. The Labute approximate surface area is 725 Å². The highest BCUT2D eigenvalue weighted by molar-refractivity contribution is 7.92. The fraction of sp³-hybridized carbons (Fsp3) is 0.367. The van der Waals surface area contributed by atoms with Gasteiger partial charge < -0.3 is 49.8 Å². The first-order valence-electron chi connectivity index (χ1n) is 41.4. The maximum atomic E-state index is 15.6. The van der Waals surface area contributed by atoms with Crippen LogP contribution in [0.15, 0.2) is 190 Å². The minimum absolute atomic E-state index is 0.00843. The predicted octanol–water partition coefficient (Wildman–Crippen LogP) is 11.4. The van der Waals surface area contributed by atoms with Crippen LogP contribution in [0.5, 0.6) is 0 Å². The third kappa shape index (κ3) is 20.8. The molecule has 6 aliphatic heterocycles. The highest BCUT2D eigenvalue weighted by Gasteiger charge is 2.36. The number of piperidine rings is 3. The molecule has 28 nitrogen and oxygen atoms in total. The number of amides is 2. The lowest BCUT2D eigenvalue weighted by atomic mass is 9.88. The maximum absolute atomic E-state index is 15.6. The first kappa shape index (κ1) is 89.9. The van der Waals surface area contributed by atoms with E-state index in [0.29, 0.717) is 128 Å². The molecule has 0 spiro atoms. The molecule has 6 fully saturated rings. The van der Waals surface area contributed by atoms with Gasteiger partial charge in [-0.05, 0) is 192 Å². The number of halogens is 2. The van der Waals surface area contributed by atoms with Gasteiger partial charge in [-0.25, -0.2) is 63.3 Å². The van der Waals surface area contributed by atoms with E-state index in [4.69, 9.17) is 20.0 Å². The Balaban J connectivity index is 0.000000160. The van der Waals surface area contributed by atoms with Gasteiger partial charge >= 0.3 is 0 Å². The number of para-hydroxylation sites is 6. The minimum atomic E-state index is -3.93. The van der Waals surface area contributed by atoms with Crippen molar-refractivity contribution in [2.45, 2.75) is 104 Å². The van der Waals surface area contributed by atoms with Gasteiger partial charge in [-0.15, -0.1) is 0 Å². The van der Waals surface area contributed by atoms with Gasteiger partial charge in [-0.1, -0.05) is 78.9 Å². The molecule has 124 heavy (non-hydrogen) atoms. The summed E-state index contributed by atoms with van der Waals surface area (Å²) in [4.78, 5) is 52.7. The van der Waals surface area contributed by atoms with Crippen LogP contribution in [-0.2, 0) is 46.2 Å². The van der Waals surface area contributed by atoms with Gasteiger partial charge in [0.15, 0.2) is 5.03 Å². The molecule has 6 saturated heterocycles. The molecule has 2 aromatic heterocycles. The monoisotopic (exact) mass is 1760 g/mol. The van der Waals surface area contributed by atoms with Gasteiger partial charge in [0.05, 0.1) is 71.0 Å². The lowest BCUT2D eigenvalue weighted by Crippen LogP contribution is -2.49. The van der Waals surface area contributed by atoms with Gasteiger partial charge in [-0.3, -0.25) is 9.59 Å². The van der Waals surface area contributed by atoms with E-state index in [9.17, 15) is 59.2 Å². The number of nitriles is 3. The number of anilines is 8. The number of carbonyl (C=O) groups excluding carboxylic acids is 2. The number of sulfonamides is 3. The zero-order valence-electron chi connectivity index (χ0n) is 70.1. The molecular weight excluding hydrogens is 1660 g/mol. The number of nitrogens with two attached hydrogens (primary N) is 2. The number of piperazine rings is 3. The molecule has 7 N–H and O–H groups in total. The number of carbonyl (C=O) groups is 2. The van der Waals surface area contributed by atoms with Crippen LogP contribution in [0.25, 0.3) is 0 Å². The van der Waals surface area contributed by atoms with Crippen LogP contribution < -0.4 is 50.3 Å². The van der Waals surface area contributed by atoms with E-state index in [0.717, 1.165) is 103 Å². The van der Waals surface area contributed by atoms with E-state index in [-0.39, 0.29) is 82.5 Å². The van der Waals surface area contributed by atoms with E-state index < -0.39 is 57.3 Å². The topological polar surface area (TPSA) is 380 Å².